The molecule has 1 amide bonds. The van der Waals surface area contributed by atoms with E-state index < -0.39 is 5.41 Å². The van der Waals surface area contributed by atoms with Gasteiger partial charge in [0, 0.05) is 31.7 Å². The minimum absolute atomic E-state index is 0.0166. The van der Waals surface area contributed by atoms with Crippen LogP contribution in [0.3, 0.4) is 0 Å². The summed E-state index contributed by atoms with van der Waals surface area (Å²) in [6.45, 7) is 6.18. The highest BCUT2D eigenvalue weighted by molar-refractivity contribution is 5.83. The number of carbonyl (C=O) groups excluding carboxylic acids is 1. The molecule has 5 heteroatoms. The Morgan fingerprint density at radius 1 is 1.25 bits per heavy atom. The van der Waals surface area contributed by atoms with E-state index in [0.29, 0.717) is 26.3 Å². The third kappa shape index (κ3) is 3.78. The summed E-state index contributed by atoms with van der Waals surface area (Å²) in [7, 11) is 0. The van der Waals surface area contributed by atoms with E-state index >= 15 is 0 Å². The number of benzene rings is 1. The molecule has 0 spiro atoms. The lowest BCUT2D eigenvalue weighted by Gasteiger charge is -2.39. The molecule has 4 nitrogen and oxygen atoms in total. The average Bonchev–Trinajstić information content (AvgIpc) is 2.63. The Balaban J connectivity index is 2.18. The van der Waals surface area contributed by atoms with Crippen LogP contribution in [0.4, 0.5) is 4.39 Å². The molecule has 2 rings (SSSR count). The number of halogens is 1. The van der Waals surface area contributed by atoms with Gasteiger partial charge in [-0.25, -0.2) is 4.39 Å². The second-order valence-electron chi connectivity index (χ2n) is 6.77. The minimum atomic E-state index is -0.505. The molecule has 0 unspecified atom stereocenters. The Labute approximate surface area is 144 Å². The van der Waals surface area contributed by atoms with E-state index in [4.69, 9.17) is 10.5 Å². The van der Waals surface area contributed by atoms with E-state index in [0.717, 1.165) is 31.2 Å². The number of ether oxygens (including phenoxy) is 1. The molecule has 0 bridgehead atoms. The number of amides is 1. The second kappa shape index (κ2) is 8.08. The molecular weight excluding hydrogens is 307 g/mol. The fourth-order valence-electron chi connectivity index (χ4n) is 3.52. The molecule has 0 radical (unpaired) electrons. The topological polar surface area (TPSA) is 64.4 Å². The van der Waals surface area contributed by atoms with E-state index in [1.165, 1.54) is 12.1 Å². The van der Waals surface area contributed by atoms with Crippen LogP contribution in [0.15, 0.2) is 24.3 Å². The first-order valence-electron chi connectivity index (χ1n) is 8.84. The number of nitrogens with two attached hydrogens (primary N) is 1. The lowest BCUT2D eigenvalue weighted by Crippen LogP contribution is -2.51. The van der Waals surface area contributed by atoms with E-state index in [9.17, 15) is 9.18 Å². The molecule has 1 aromatic carbocycles. The van der Waals surface area contributed by atoms with Crippen molar-refractivity contribution in [2.24, 2.45) is 11.1 Å². The van der Waals surface area contributed by atoms with E-state index in [-0.39, 0.29) is 17.1 Å². The van der Waals surface area contributed by atoms with Crippen molar-refractivity contribution in [2.75, 3.05) is 26.3 Å². The van der Waals surface area contributed by atoms with Crippen LogP contribution in [0, 0.1) is 11.2 Å². The highest BCUT2D eigenvalue weighted by Gasteiger charge is 2.38. The number of rotatable bonds is 7. The summed E-state index contributed by atoms with van der Waals surface area (Å²) in [5.74, 6) is -0.230. The Kier molecular flexibility index (Phi) is 6.35. The van der Waals surface area contributed by atoms with Gasteiger partial charge in [-0.3, -0.25) is 4.79 Å². The highest BCUT2D eigenvalue weighted by Crippen LogP contribution is 2.35. The molecule has 1 aliphatic heterocycles. The van der Waals surface area contributed by atoms with E-state index in [2.05, 4.69) is 5.32 Å². The summed E-state index contributed by atoms with van der Waals surface area (Å²) in [5.41, 5.74) is 6.22. The summed E-state index contributed by atoms with van der Waals surface area (Å²) < 4.78 is 18.8. The van der Waals surface area contributed by atoms with Crippen LogP contribution in [0.2, 0.25) is 0 Å². The van der Waals surface area contributed by atoms with Gasteiger partial charge in [0.05, 0.1) is 5.41 Å². The zero-order valence-corrected chi connectivity index (χ0v) is 14.7. The van der Waals surface area contributed by atoms with Gasteiger partial charge in [0.15, 0.2) is 0 Å². The molecule has 0 aromatic heterocycles. The highest BCUT2D eigenvalue weighted by atomic mass is 19.1. The molecular formula is C19H29FN2O2. The van der Waals surface area contributed by atoms with Crippen molar-refractivity contribution in [3.05, 3.63) is 35.6 Å². The van der Waals surface area contributed by atoms with Gasteiger partial charge in [0.2, 0.25) is 5.91 Å². The average molecular weight is 336 g/mol. The lowest BCUT2D eigenvalue weighted by molar-refractivity contribution is -0.131. The monoisotopic (exact) mass is 336 g/mol. The summed E-state index contributed by atoms with van der Waals surface area (Å²) in [5, 5.41) is 3.13. The van der Waals surface area contributed by atoms with Crippen molar-refractivity contribution in [3.63, 3.8) is 0 Å². The van der Waals surface area contributed by atoms with Gasteiger partial charge < -0.3 is 15.8 Å². The van der Waals surface area contributed by atoms with Crippen LogP contribution < -0.4 is 11.1 Å². The molecule has 0 saturated carbocycles. The van der Waals surface area contributed by atoms with Crippen LogP contribution in [0.1, 0.15) is 45.1 Å². The molecule has 1 aromatic rings. The molecule has 1 fully saturated rings. The SMILES string of the molecule is CCC(CC)(CN)C(=O)NCC1(c2ccc(F)cc2)CCOCC1. The summed E-state index contributed by atoms with van der Waals surface area (Å²) in [4.78, 5) is 12.7. The molecule has 24 heavy (non-hydrogen) atoms. The third-order valence-corrected chi connectivity index (χ3v) is 5.72. The molecule has 1 aliphatic rings. The predicted octanol–water partition coefficient (Wildman–Crippen LogP) is 2.76. The first-order chi connectivity index (χ1) is 11.5. The fourth-order valence-corrected chi connectivity index (χ4v) is 3.52. The van der Waals surface area contributed by atoms with Crippen molar-refractivity contribution in [1.29, 1.82) is 0 Å². The zero-order valence-electron chi connectivity index (χ0n) is 14.7. The smallest absolute Gasteiger partial charge is 0.227 e. The van der Waals surface area contributed by atoms with E-state index in [1.807, 2.05) is 26.0 Å². The Bertz CT molecular complexity index is 527. The third-order valence-electron chi connectivity index (χ3n) is 5.72. The van der Waals surface area contributed by atoms with Crippen LogP contribution in [0.5, 0.6) is 0 Å². The van der Waals surface area contributed by atoms with Crippen molar-refractivity contribution in [3.8, 4) is 0 Å². The summed E-state index contributed by atoms with van der Waals surface area (Å²) in [6, 6.07) is 6.61. The second-order valence-corrected chi connectivity index (χ2v) is 6.77. The maximum atomic E-state index is 13.3. The van der Waals surface area contributed by atoms with Crippen LogP contribution in [-0.2, 0) is 14.9 Å². The summed E-state index contributed by atoms with van der Waals surface area (Å²) in [6.07, 6.45) is 3.07. The van der Waals surface area contributed by atoms with Crippen molar-refractivity contribution in [1.82, 2.24) is 5.32 Å². The minimum Gasteiger partial charge on any atom is -0.381 e. The van der Waals surface area contributed by atoms with Gasteiger partial charge in [-0.15, -0.1) is 0 Å². The maximum absolute atomic E-state index is 13.3. The number of hydrogen-bond acceptors (Lipinski definition) is 3. The first kappa shape index (κ1) is 18.9. The standard InChI is InChI=1S/C19H29FN2O2/c1-3-18(4-2,13-21)17(23)22-14-19(9-11-24-12-10-19)15-5-7-16(20)8-6-15/h5-8H,3-4,9-14,21H2,1-2H3,(H,22,23). The van der Waals surface area contributed by atoms with Gasteiger partial charge in [-0.1, -0.05) is 26.0 Å². The number of nitrogens with one attached hydrogen (secondary N) is 1. The van der Waals surface area contributed by atoms with Gasteiger partial charge >= 0.3 is 0 Å². The maximum Gasteiger partial charge on any atom is 0.227 e. The largest absolute Gasteiger partial charge is 0.381 e. The van der Waals surface area contributed by atoms with Crippen LogP contribution >= 0.6 is 0 Å². The Morgan fingerprint density at radius 3 is 2.33 bits per heavy atom. The molecule has 3 N–H and O–H groups in total. The normalized spacial score (nSPS) is 17.5. The molecule has 0 aliphatic carbocycles. The van der Waals surface area contributed by atoms with Gasteiger partial charge in [0.1, 0.15) is 5.82 Å². The fraction of sp³-hybridized carbons (Fsp3) is 0.632. The van der Waals surface area contributed by atoms with Crippen LogP contribution in [0.25, 0.3) is 0 Å². The Hall–Kier alpha value is -1.46. The van der Waals surface area contributed by atoms with Crippen molar-refractivity contribution >= 4 is 5.91 Å². The predicted molar refractivity (Wildman–Crippen MR) is 93.2 cm³/mol. The van der Waals surface area contributed by atoms with E-state index in [1.54, 1.807) is 0 Å². The quantitative estimate of drug-likeness (QED) is 0.805. The zero-order chi connectivity index (χ0) is 17.6. The lowest BCUT2D eigenvalue weighted by atomic mass is 9.73. The molecule has 1 saturated heterocycles. The molecule has 134 valence electrons. The molecule has 0 atom stereocenters. The number of hydrogen-bond donors (Lipinski definition) is 2. The van der Waals surface area contributed by atoms with Gasteiger partial charge in [-0.2, -0.15) is 0 Å². The first-order valence-corrected chi connectivity index (χ1v) is 8.84. The van der Waals surface area contributed by atoms with Crippen LogP contribution in [-0.4, -0.2) is 32.2 Å². The Morgan fingerprint density at radius 2 is 1.83 bits per heavy atom. The summed E-state index contributed by atoms with van der Waals surface area (Å²) >= 11 is 0. The number of carbonyl (C=O) groups is 1. The van der Waals surface area contributed by atoms with Crippen molar-refractivity contribution < 1.29 is 13.9 Å². The van der Waals surface area contributed by atoms with Crippen molar-refractivity contribution in [2.45, 2.75) is 44.9 Å². The van der Waals surface area contributed by atoms with Gasteiger partial charge in [-0.05, 0) is 43.4 Å². The molecule has 1 heterocycles. The van der Waals surface area contributed by atoms with Gasteiger partial charge in [0.25, 0.3) is 0 Å².